The summed E-state index contributed by atoms with van der Waals surface area (Å²) in [6, 6.07) is 5.57. The highest BCUT2D eigenvalue weighted by atomic mass is 79.9. The van der Waals surface area contributed by atoms with Crippen LogP contribution in [0.2, 0.25) is 0 Å². The van der Waals surface area contributed by atoms with Gasteiger partial charge in [0.05, 0.1) is 6.10 Å². The van der Waals surface area contributed by atoms with Gasteiger partial charge in [-0.05, 0) is 50.4 Å². The second kappa shape index (κ2) is 6.76. The topological polar surface area (TPSA) is 23.5 Å². The van der Waals surface area contributed by atoms with E-state index in [4.69, 9.17) is 0 Å². The number of likely N-dealkylation sites (tertiary alicyclic amines) is 1. The molecule has 2 fully saturated rings. The fourth-order valence-electron chi connectivity index (χ4n) is 4.00. The van der Waals surface area contributed by atoms with Crippen molar-refractivity contribution in [2.24, 2.45) is 5.92 Å². The average molecular weight is 356 g/mol. The van der Waals surface area contributed by atoms with Gasteiger partial charge in [0, 0.05) is 28.5 Å². The lowest BCUT2D eigenvalue weighted by molar-refractivity contribution is 0.0308. The zero-order chi connectivity index (χ0) is 14.8. The maximum Gasteiger partial charge on any atom is 0.127 e. The summed E-state index contributed by atoms with van der Waals surface area (Å²) in [6.45, 7) is 1.67. The van der Waals surface area contributed by atoms with Gasteiger partial charge < -0.3 is 5.11 Å². The molecule has 1 N–H and O–H groups in total. The first-order chi connectivity index (χ1) is 10.1. The maximum absolute atomic E-state index is 14.0. The molecule has 0 amide bonds. The van der Waals surface area contributed by atoms with Crippen LogP contribution in [0.5, 0.6) is 0 Å². The highest BCUT2D eigenvalue weighted by Crippen LogP contribution is 2.36. The van der Waals surface area contributed by atoms with Crippen molar-refractivity contribution >= 4 is 15.9 Å². The Morgan fingerprint density at radius 1 is 1.19 bits per heavy atom. The number of aliphatic hydroxyl groups is 1. The summed E-state index contributed by atoms with van der Waals surface area (Å²) >= 11 is 3.43. The number of aliphatic hydroxyl groups excluding tert-OH is 1. The van der Waals surface area contributed by atoms with E-state index >= 15 is 0 Å². The number of hydrogen-bond acceptors (Lipinski definition) is 2. The summed E-state index contributed by atoms with van der Waals surface area (Å²) in [4.78, 5) is 2.40. The number of rotatable bonds is 3. The van der Waals surface area contributed by atoms with Crippen molar-refractivity contribution in [3.63, 3.8) is 0 Å². The Hall–Kier alpha value is -0.450. The second-order valence-corrected chi connectivity index (χ2v) is 7.35. The second-order valence-electron chi connectivity index (χ2n) is 6.43. The molecule has 2 aliphatic rings. The first-order valence-corrected chi connectivity index (χ1v) is 8.80. The largest absolute Gasteiger partial charge is 0.393 e. The van der Waals surface area contributed by atoms with Gasteiger partial charge in [0.2, 0.25) is 0 Å². The average Bonchev–Trinajstić information content (AvgIpc) is 2.90. The van der Waals surface area contributed by atoms with Crippen molar-refractivity contribution in [2.45, 2.75) is 57.2 Å². The SMILES string of the molecule is OC1CCCC1C1CCCCN1Cc1cc(Br)ccc1F. The molecular weight excluding hydrogens is 333 g/mol. The highest BCUT2D eigenvalue weighted by molar-refractivity contribution is 9.10. The van der Waals surface area contributed by atoms with Gasteiger partial charge in [0.15, 0.2) is 0 Å². The minimum Gasteiger partial charge on any atom is -0.393 e. The number of halogens is 2. The summed E-state index contributed by atoms with van der Waals surface area (Å²) in [7, 11) is 0. The van der Waals surface area contributed by atoms with Gasteiger partial charge in [-0.1, -0.05) is 28.8 Å². The quantitative estimate of drug-likeness (QED) is 0.881. The van der Waals surface area contributed by atoms with E-state index in [0.717, 1.165) is 42.3 Å². The molecule has 1 aromatic carbocycles. The van der Waals surface area contributed by atoms with Crippen molar-refractivity contribution in [3.8, 4) is 0 Å². The van der Waals surface area contributed by atoms with Crippen LogP contribution < -0.4 is 0 Å². The molecule has 0 spiro atoms. The van der Waals surface area contributed by atoms with E-state index < -0.39 is 0 Å². The van der Waals surface area contributed by atoms with Gasteiger partial charge in [0.25, 0.3) is 0 Å². The lowest BCUT2D eigenvalue weighted by atomic mass is 9.87. The molecular formula is C17H23BrFNO. The van der Waals surface area contributed by atoms with Gasteiger partial charge in [-0.3, -0.25) is 4.90 Å². The van der Waals surface area contributed by atoms with Gasteiger partial charge >= 0.3 is 0 Å². The molecule has 1 aliphatic heterocycles. The minimum atomic E-state index is -0.164. The van der Waals surface area contributed by atoms with Crippen molar-refractivity contribution in [3.05, 3.63) is 34.1 Å². The first-order valence-electron chi connectivity index (χ1n) is 8.01. The standard InChI is InChI=1S/C17H23BrFNO/c18-13-7-8-15(19)12(10-13)11-20-9-2-1-5-16(20)14-4-3-6-17(14)21/h7-8,10,14,16-17,21H,1-6,9,11H2. The lowest BCUT2D eigenvalue weighted by Crippen LogP contribution is -2.45. The zero-order valence-corrected chi connectivity index (χ0v) is 13.9. The van der Waals surface area contributed by atoms with Gasteiger partial charge in [-0.15, -0.1) is 0 Å². The van der Waals surface area contributed by atoms with Crippen molar-refractivity contribution in [1.82, 2.24) is 4.90 Å². The van der Waals surface area contributed by atoms with Crippen LogP contribution in [0.15, 0.2) is 22.7 Å². The van der Waals surface area contributed by atoms with Crippen LogP contribution in [0.25, 0.3) is 0 Å². The molecule has 1 saturated heterocycles. The van der Waals surface area contributed by atoms with Gasteiger partial charge in [0.1, 0.15) is 5.82 Å². The van der Waals surface area contributed by atoms with E-state index in [1.165, 1.54) is 18.9 Å². The molecule has 21 heavy (non-hydrogen) atoms. The van der Waals surface area contributed by atoms with Crippen LogP contribution in [0.1, 0.15) is 44.1 Å². The monoisotopic (exact) mass is 355 g/mol. The van der Waals surface area contributed by atoms with Crippen molar-refractivity contribution in [1.29, 1.82) is 0 Å². The first kappa shape index (κ1) is 15.4. The molecule has 0 bridgehead atoms. The third-order valence-electron chi connectivity index (χ3n) is 5.07. The molecule has 1 aromatic rings. The number of benzene rings is 1. The Morgan fingerprint density at radius 3 is 2.81 bits per heavy atom. The zero-order valence-electron chi connectivity index (χ0n) is 12.3. The Kier molecular flexibility index (Phi) is 4.97. The van der Waals surface area contributed by atoms with Crippen molar-refractivity contribution < 1.29 is 9.50 Å². The third-order valence-corrected chi connectivity index (χ3v) is 5.56. The number of nitrogens with zero attached hydrogens (tertiary/aromatic N) is 1. The Bertz CT molecular complexity index is 496. The van der Waals surface area contributed by atoms with Crippen LogP contribution in [-0.2, 0) is 6.54 Å². The van der Waals surface area contributed by atoms with E-state index in [-0.39, 0.29) is 11.9 Å². The van der Waals surface area contributed by atoms with Crippen LogP contribution in [-0.4, -0.2) is 28.7 Å². The van der Waals surface area contributed by atoms with Crippen LogP contribution >= 0.6 is 15.9 Å². The minimum absolute atomic E-state index is 0.130. The van der Waals surface area contributed by atoms with E-state index in [1.54, 1.807) is 6.07 Å². The van der Waals surface area contributed by atoms with Crippen LogP contribution in [0, 0.1) is 11.7 Å². The smallest absolute Gasteiger partial charge is 0.127 e. The number of piperidine rings is 1. The molecule has 2 nitrogen and oxygen atoms in total. The summed E-state index contributed by atoms with van der Waals surface area (Å²) < 4.78 is 14.9. The molecule has 3 rings (SSSR count). The predicted octanol–water partition coefficient (Wildman–Crippen LogP) is 4.10. The maximum atomic E-state index is 14.0. The predicted molar refractivity (Wildman–Crippen MR) is 85.5 cm³/mol. The molecule has 1 saturated carbocycles. The highest BCUT2D eigenvalue weighted by Gasteiger charge is 2.37. The van der Waals surface area contributed by atoms with Gasteiger partial charge in [-0.2, -0.15) is 0 Å². The van der Waals surface area contributed by atoms with Crippen molar-refractivity contribution in [2.75, 3.05) is 6.54 Å². The van der Waals surface area contributed by atoms with Crippen LogP contribution in [0.3, 0.4) is 0 Å². The number of hydrogen-bond donors (Lipinski definition) is 1. The Labute approximate surface area is 134 Å². The molecule has 3 unspecified atom stereocenters. The van der Waals surface area contributed by atoms with Crippen LogP contribution in [0.4, 0.5) is 4.39 Å². The summed E-state index contributed by atoms with van der Waals surface area (Å²) in [5, 5.41) is 10.2. The molecule has 116 valence electrons. The van der Waals surface area contributed by atoms with E-state index in [0.29, 0.717) is 18.5 Å². The lowest BCUT2D eigenvalue weighted by Gasteiger charge is -2.40. The fraction of sp³-hybridized carbons (Fsp3) is 0.647. The molecule has 1 aliphatic carbocycles. The fourth-order valence-corrected chi connectivity index (χ4v) is 4.41. The molecule has 0 aromatic heterocycles. The van der Waals surface area contributed by atoms with Gasteiger partial charge in [-0.25, -0.2) is 4.39 Å². The Morgan fingerprint density at radius 2 is 2.05 bits per heavy atom. The normalized spacial score (nSPS) is 30.7. The van der Waals surface area contributed by atoms with E-state index in [2.05, 4.69) is 20.8 Å². The Balaban J connectivity index is 1.76. The summed E-state index contributed by atoms with van der Waals surface area (Å²) in [6.07, 6.45) is 6.55. The summed E-state index contributed by atoms with van der Waals surface area (Å²) in [5.74, 6) is 0.245. The summed E-state index contributed by atoms with van der Waals surface area (Å²) in [5.41, 5.74) is 0.753. The molecule has 3 atom stereocenters. The molecule has 0 radical (unpaired) electrons. The third kappa shape index (κ3) is 3.49. The van der Waals surface area contributed by atoms with E-state index in [1.807, 2.05) is 6.07 Å². The molecule has 1 heterocycles. The van der Waals surface area contributed by atoms with E-state index in [9.17, 15) is 9.50 Å². The molecule has 4 heteroatoms.